The zero-order valence-electron chi connectivity index (χ0n) is 4.81. The molecule has 0 amide bonds. The van der Waals surface area contributed by atoms with Crippen molar-refractivity contribution >= 4 is 23.2 Å². The highest BCUT2D eigenvalue weighted by Gasteiger charge is 1.96. The standard InChI is InChI=1S/C6H2Cl2N2/c7-5-1-4(3-9)2-6(8)10-5/h1-2H. The molecule has 0 fully saturated rings. The summed E-state index contributed by atoms with van der Waals surface area (Å²) < 4.78 is 0. The SMILES string of the molecule is N#Cc1cc(Cl)nc(Cl)c1. The first-order valence-electron chi connectivity index (χ1n) is 2.45. The van der Waals surface area contributed by atoms with E-state index in [4.69, 9.17) is 28.5 Å². The molecule has 0 saturated heterocycles. The Morgan fingerprint density at radius 3 is 2.20 bits per heavy atom. The molecule has 0 radical (unpaired) electrons. The number of pyridine rings is 1. The lowest BCUT2D eigenvalue weighted by atomic mass is 10.3. The maximum Gasteiger partial charge on any atom is 0.132 e. The van der Waals surface area contributed by atoms with Gasteiger partial charge in [0, 0.05) is 0 Å². The fourth-order valence-electron chi connectivity index (χ4n) is 0.529. The van der Waals surface area contributed by atoms with Crippen molar-refractivity contribution in [2.75, 3.05) is 0 Å². The van der Waals surface area contributed by atoms with Crippen molar-refractivity contribution in [3.63, 3.8) is 0 Å². The van der Waals surface area contributed by atoms with E-state index in [0.29, 0.717) is 5.56 Å². The lowest BCUT2D eigenvalue weighted by Crippen LogP contribution is -1.79. The van der Waals surface area contributed by atoms with E-state index in [1.165, 1.54) is 12.1 Å². The fraction of sp³-hybridized carbons (Fsp3) is 0. The summed E-state index contributed by atoms with van der Waals surface area (Å²) in [6.45, 7) is 0. The highest BCUT2D eigenvalue weighted by molar-refractivity contribution is 6.32. The van der Waals surface area contributed by atoms with Gasteiger partial charge in [-0.25, -0.2) is 4.98 Å². The van der Waals surface area contributed by atoms with Crippen LogP contribution in [0, 0.1) is 11.3 Å². The highest BCUT2D eigenvalue weighted by atomic mass is 35.5. The summed E-state index contributed by atoms with van der Waals surface area (Å²) in [6, 6.07) is 4.80. The van der Waals surface area contributed by atoms with Crippen LogP contribution in [0.3, 0.4) is 0 Å². The number of nitrogens with zero attached hydrogens (tertiary/aromatic N) is 2. The number of hydrogen-bond donors (Lipinski definition) is 0. The molecule has 0 unspecified atom stereocenters. The molecule has 0 atom stereocenters. The molecule has 10 heavy (non-hydrogen) atoms. The first-order valence-corrected chi connectivity index (χ1v) is 3.21. The molecule has 1 rings (SSSR count). The Morgan fingerprint density at radius 2 is 1.80 bits per heavy atom. The van der Waals surface area contributed by atoms with Gasteiger partial charge in [-0.05, 0) is 12.1 Å². The van der Waals surface area contributed by atoms with E-state index in [-0.39, 0.29) is 10.3 Å². The van der Waals surface area contributed by atoms with Gasteiger partial charge in [0.15, 0.2) is 0 Å². The second-order valence-corrected chi connectivity index (χ2v) is 2.39. The molecular formula is C6H2Cl2N2. The van der Waals surface area contributed by atoms with Crippen LogP contribution in [0.5, 0.6) is 0 Å². The first-order chi connectivity index (χ1) is 4.72. The van der Waals surface area contributed by atoms with Crippen LogP contribution < -0.4 is 0 Å². The van der Waals surface area contributed by atoms with Crippen LogP contribution in [0.25, 0.3) is 0 Å². The molecule has 0 saturated carbocycles. The van der Waals surface area contributed by atoms with Crippen LogP contribution in [-0.2, 0) is 0 Å². The summed E-state index contributed by atoms with van der Waals surface area (Å²) in [7, 11) is 0. The van der Waals surface area contributed by atoms with Gasteiger partial charge in [0.1, 0.15) is 10.3 Å². The predicted octanol–water partition coefficient (Wildman–Crippen LogP) is 2.26. The van der Waals surface area contributed by atoms with Crippen LogP contribution >= 0.6 is 23.2 Å². The molecule has 2 nitrogen and oxygen atoms in total. The van der Waals surface area contributed by atoms with Crippen molar-refractivity contribution < 1.29 is 0 Å². The van der Waals surface area contributed by atoms with Gasteiger partial charge in [0.05, 0.1) is 11.6 Å². The van der Waals surface area contributed by atoms with Crippen LogP contribution in [0.4, 0.5) is 0 Å². The number of hydrogen-bond acceptors (Lipinski definition) is 2. The average molecular weight is 173 g/mol. The third-order valence-electron chi connectivity index (χ3n) is 0.892. The second-order valence-electron chi connectivity index (χ2n) is 1.61. The van der Waals surface area contributed by atoms with Gasteiger partial charge in [0.2, 0.25) is 0 Å². The summed E-state index contributed by atoms with van der Waals surface area (Å²) in [4.78, 5) is 3.66. The van der Waals surface area contributed by atoms with Gasteiger partial charge in [-0.2, -0.15) is 5.26 Å². The van der Waals surface area contributed by atoms with Crippen LogP contribution in [0.15, 0.2) is 12.1 Å². The second kappa shape index (κ2) is 2.87. The van der Waals surface area contributed by atoms with Crippen molar-refractivity contribution in [1.82, 2.24) is 4.98 Å². The number of aromatic nitrogens is 1. The van der Waals surface area contributed by atoms with Gasteiger partial charge in [0.25, 0.3) is 0 Å². The Hall–Kier alpha value is -0.780. The molecular weight excluding hydrogens is 171 g/mol. The molecule has 1 aromatic rings. The third kappa shape index (κ3) is 1.60. The molecule has 0 aromatic carbocycles. The van der Waals surface area contributed by atoms with Crippen molar-refractivity contribution in [3.8, 4) is 6.07 Å². The normalized spacial score (nSPS) is 8.90. The van der Waals surface area contributed by atoms with E-state index in [2.05, 4.69) is 4.98 Å². The van der Waals surface area contributed by atoms with Crippen LogP contribution in [0.2, 0.25) is 10.3 Å². The lowest BCUT2D eigenvalue weighted by Gasteiger charge is -1.90. The van der Waals surface area contributed by atoms with Gasteiger partial charge >= 0.3 is 0 Å². The largest absolute Gasteiger partial charge is 0.224 e. The minimum absolute atomic E-state index is 0.240. The molecule has 4 heteroatoms. The molecule has 0 aliphatic heterocycles. The summed E-state index contributed by atoms with van der Waals surface area (Å²) >= 11 is 11.0. The summed E-state index contributed by atoms with van der Waals surface area (Å²) in [6.07, 6.45) is 0. The van der Waals surface area contributed by atoms with Crippen molar-refractivity contribution in [3.05, 3.63) is 28.0 Å². The molecule has 0 spiro atoms. The Labute approximate surface area is 68.0 Å². The quantitative estimate of drug-likeness (QED) is 0.564. The summed E-state index contributed by atoms with van der Waals surface area (Å²) in [5.74, 6) is 0. The van der Waals surface area contributed by atoms with Crippen LogP contribution in [0.1, 0.15) is 5.56 Å². The summed E-state index contributed by atoms with van der Waals surface area (Å²) in [5.41, 5.74) is 0.421. The third-order valence-corrected chi connectivity index (χ3v) is 1.28. The Kier molecular flexibility index (Phi) is 2.10. The lowest BCUT2D eigenvalue weighted by molar-refractivity contribution is 1.31. The number of rotatable bonds is 0. The van der Waals surface area contributed by atoms with E-state index < -0.39 is 0 Å². The minimum Gasteiger partial charge on any atom is -0.224 e. The van der Waals surface area contributed by atoms with Crippen molar-refractivity contribution in [2.24, 2.45) is 0 Å². The zero-order valence-corrected chi connectivity index (χ0v) is 6.32. The molecule has 0 bridgehead atoms. The molecule has 50 valence electrons. The first kappa shape index (κ1) is 7.33. The number of nitriles is 1. The maximum absolute atomic E-state index is 8.39. The minimum atomic E-state index is 0.240. The monoisotopic (exact) mass is 172 g/mol. The Morgan fingerprint density at radius 1 is 1.30 bits per heavy atom. The highest BCUT2D eigenvalue weighted by Crippen LogP contribution is 2.13. The smallest absolute Gasteiger partial charge is 0.132 e. The number of halogens is 2. The van der Waals surface area contributed by atoms with Gasteiger partial charge in [-0.15, -0.1) is 0 Å². The molecule has 0 N–H and O–H groups in total. The maximum atomic E-state index is 8.39. The van der Waals surface area contributed by atoms with E-state index in [9.17, 15) is 0 Å². The predicted molar refractivity (Wildman–Crippen MR) is 39.0 cm³/mol. The molecule has 1 aromatic heterocycles. The average Bonchev–Trinajstić information content (AvgIpc) is 1.85. The van der Waals surface area contributed by atoms with Gasteiger partial charge < -0.3 is 0 Å². The molecule has 1 heterocycles. The Balaban J connectivity index is 3.22. The summed E-state index contributed by atoms with van der Waals surface area (Å²) in [5, 5.41) is 8.87. The van der Waals surface area contributed by atoms with Gasteiger partial charge in [-0.3, -0.25) is 0 Å². The van der Waals surface area contributed by atoms with E-state index in [1.54, 1.807) is 0 Å². The zero-order chi connectivity index (χ0) is 7.56. The van der Waals surface area contributed by atoms with E-state index in [1.807, 2.05) is 6.07 Å². The van der Waals surface area contributed by atoms with Gasteiger partial charge in [-0.1, -0.05) is 23.2 Å². The van der Waals surface area contributed by atoms with Crippen molar-refractivity contribution in [1.29, 1.82) is 5.26 Å². The van der Waals surface area contributed by atoms with Crippen LogP contribution in [-0.4, -0.2) is 4.98 Å². The molecule has 0 aliphatic carbocycles. The van der Waals surface area contributed by atoms with E-state index >= 15 is 0 Å². The Bertz CT molecular complexity index is 270. The topological polar surface area (TPSA) is 36.7 Å². The van der Waals surface area contributed by atoms with Crippen molar-refractivity contribution in [2.45, 2.75) is 0 Å². The van der Waals surface area contributed by atoms with E-state index in [0.717, 1.165) is 0 Å². The fourth-order valence-corrected chi connectivity index (χ4v) is 0.990. The molecule has 0 aliphatic rings.